The second-order valence-electron chi connectivity index (χ2n) is 6.90. The highest BCUT2D eigenvalue weighted by atomic mass is 16.5. The Bertz CT molecular complexity index is 902. The van der Waals surface area contributed by atoms with E-state index in [2.05, 4.69) is 19.8 Å². The molecule has 0 spiro atoms. The van der Waals surface area contributed by atoms with Gasteiger partial charge >= 0.3 is 0 Å². The summed E-state index contributed by atoms with van der Waals surface area (Å²) in [4.78, 5) is 17.7. The monoisotopic (exact) mass is 395 g/mol. The van der Waals surface area contributed by atoms with Crippen molar-refractivity contribution in [2.24, 2.45) is 4.99 Å². The SMILES string of the molecule is COc1ccc(C2CN(C3N=C(c4ccncn4)C=CN3C)CCO2)c(OC)c1. The predicted octanol–water partition coefficient (Wildman–Crippen LogP) is 2.10. The van der Waals surface area contributed by atoms with Gasteiger partial charge in [0.2, 0.25) is 0 Å². The van der Waals surface area contributed by atoms with Crippen molar-refractivity contribution in [1.82, 2.24) is 19.8 Å². The summed E-state index contributed by atoms with van der Waals surface area (Å²) in [5, 5.41) is 0. The number of allylic oxidation sites excluding steroid dienone is 1. The lowest BCUT2D eigenvalue weighted by atomic mass is 10.1. The van der Waals surface area contributed by atoms with Gasteiger partial charge in [-0.3, -0.25) is 4.90 Å². The van der Waals surface area contributed by atoms with Gasteiger partial charge in [-0.15, -0.1) is 0 Å². The van der Waals surface area contributed by atoms with E-state index in [-0.39, 0.29) is 12.4 Å². The summed E-state index contributed by atoms with van der Waals surface area (Å²) in [7, 11) is 5.34. The maximum absolute atomic E-state index is 6.08. The fraction of sp³-hybridized carbons (Fsp3) is 0.381. The molecule has 0 bridgehead atoms. The van der Waals surface area contributed by atoms with Crippen LogP contribution in [0.25, 0.3) is 0 Å². The van der Waals surface area contributed by atoms with Crippen LogP contribution in [0.5, 0.6) is 11.5 Å². The van der Waals surface area contributed by atoms with Crippen molar-refractivity contribution >= 4 is 5.71 Å². The maximum atomic E-state index is 6.08. The summed E-state index contributed by atoms with van der Waals surface area (Å²) in [6.45, 7) is 2.11. The number of aliphatic imine (C=N–C) groups is 1. The molecule has 1 aromatic carbocycles. The molecular formula is C21H25N5O3. The molecule has 152 valence electrons. The highest BCUT2D eigenvalue weighted by molar-refractivity contribution is 6.07. The Kier molecular flexibility index (Phi) is 5.73. The highest BCUT2D eigenvalue weighted by Crippen LogP contribution is 2.34. The normalized spacial score (nSPS) is 22.3. The number of morpholine rings is 1. The zero-order chi connectivity index (χ0) is 20.2. The Morgan fingerprint density at radius 2 is 2.07 bits per heavy atom. The number of nitrogens with zero attached hydrogens (tertiary/aromatic N) is 5. The molecule has 29 heavy (non-hydrogen) atoms. The molecule has 2 unspecified atom stereocenters. The van der Waals surface area contributed by atoms with Crippen LogP contribution in [0.15, 0.2) is 54.1 Å². The first kappa shape index (κ1) is 19.4. The third-order valence-electron chi connectivity index (χ3n) is 5.14. The van der Waals surface area contributed by atoms with E-state index in [4.69, 9.17) is 19.2 Å². The van der Waals surface area contributed by atoms with Crippen LogP contribution in [0.1, 0.15) is 17.4 Å². The van der Waals surface area contributed by atoms with Gasteiger partial charge in [0, 0.05) is 44.2 Å². The number of hydrogen-bond acceptors (Lipinski definition) is 8. The van der Waals surface area contributed by atoms with Gasteiger partial charge in [0.05, 0.1) is 38.3 Å². The molecule has 0 N–H and O–H groups in total. The van der Waals surface area contributed by atoms with Crippen LogP contribution in [0.2, 0.25) is 0 Å². The number of rotatable bonds is 5. The first-order valence-electron chi connectivity index (χ1n) is 9.51. The molecule has 1 fully saturated rings. The minimum Gasteiger partial charge on any atom is -0.497 e. The largest absolute Gasteiger partial charge is 0.497 e. The molecule has 4 rings (SSSR count). The van der Waals surface area contributed by atoms with E-state index >= 15 is 0 Å². The predicted molar refractivity (Wildman–Crippen MR) is 109 cm³/mol. The van der Waals surface area contributed by atoms with Gasteiger partial charge in [0.25, 0.3) is 0 Å². The Morgan fingerprint density at radius 1 is 1.17 bits per heavy atom. The zero-order valence-electron chi connectivity index (χ0n) is 16.9. The number of benzene rings is 1. The van der Waals surface area contributed by atoms with Crippen molar-refractivity contribution in [3.8, 4) is 11.5 Å². The molecule has 0 saturated carbocycles. The lowest BCUT2D eigenvalue weighted by Gasteiger charge is -2.41. The van der Waals surface area contributed by atoms with Crippen LogP contribution in [0.4, 0.5) is 0 Å². The minimum absolute atomic E-state index is 0.110. The summed E-state index contributed by atoms with van der Waals surface area (Å²) in [6, 6.07) is 7.70. The van der Waals surface area contributed by atoms with E-state index in [0.29, 0.717) is 13.2 Å². The van der Waals surface area contributed by atoms with Crippen molar-refractivity contribution in [2.45, 2.75) is 12.4 Å². The average molecular weight is 395 g/mol. The third-order valence-corrected chi connectivity index (χ3v) is 5.14. The van der Waals surface area contributed by atoms with Crippen LogP contribution in [0, 0.1) is 0 Å². The summed E-state index contributed by atoms with van der Waals surface area (Å²) in [6.07, 6.45) is 7.05. The lowest BCUT2D eigenvalue weighted by molar-refractivity contribution is -0.0639. The van der Waals surface area contributed by atoms with Crippen molar-refractivity contribution in [3.63, 3.8) is 0 Å². The standard InChI is InChI=1S/C21H25N5O3/c1-25-9-7-18(17-6-8-22-14-23-17)24-21(25)26-10-11-29-20(13-26)16-5-4-15(27-2)12-19(16)28-3/h4-9,12,14,20-21H,10-11,13H2,1-3H3. The minimum atomic E-state index is -0.124. The second kappa shape index (κ2) is 8.59. The molecule has 2 aromatic rings. The summed E-state index contributed by atoms with van der Waals surface area (Å²) >= 11 is 0. The van der Waals surface area contributed by atoms with Gasteiger partial charge in [-0.1, -0.05) is 0 Å². The Morgan fingerprint density at radius 3 is 2.83 bits per heavy atom. The molecule has 0 radical (unpaired) electrons. The molecule has 8 heteroatoms. The summed E-state index contributed by atoms with van der Waals surface area (Å²) in [5.41, 5.74) is 2.67. The van der Waals surface area contributed by atoms with Gasteiger partial charge in [-0.25, -0.2) is 15.0 Å². The molecule has 2 aliphatic rings. The van der Waals surface area contributed by atoms with Crippen molar-refractivity contribution in [2.75, 3.05) is 41.0 Å². The number of aromatic nitrogens is 2. The van der Waals surface area contributed by atoms with E-state index in [1.807, 2.05) is 43.6 Å². The molecule has 1 aromatic heterocycles. The van der Waals surface area contributed by atoms with Crippen molar-refractivity contribution in [3.05, 3.63) is 60.3 Å². The Hall–Kier alpha value is -2.97. The number of hydrogen-bond donors (Lipinski definition) is 0. The topological polar surface area (TPSA) is 72.3 Å². The Labute approximate surface area is 170 Å². The van der Waals surface area contributed by atoms with E-state index in [1.165, 1.54) is 0 Å². The summed E-state index contributed by atoms with van der Waals surface area (Å²) < 4.78 is 17.0. The Balaban J connectivity index is 1.56. The maximum Gasteiger partial charge on any atom is 0.178 e. The average Bonchev–Trinajstić information content (AvgIpc) is 2.79. The van der Waals surface area contributed by atoms with Crippen LogP contribution < -0.4 is 9.47 Å². The van der Waals surface area contributed by atoms with Crippen molar-refractivity contribution in [1.29, 1.82) is 0 Å². The first-order chi connectivity index (χ1) is 14.2. The van der Waals surface area contributed by atoms with Gasteiger partial charge in [0.1, 0.15) is 17.8 Å². The van der Waals surface area contributed by atoms with Crippen molar-refractivity contribution < 1.29 is 14.2 Å². The van der Waals surface area contributed by atoms with Crippen LogP contribution >= 0.6 is 0 Å². The number of methoxy groups -OCH3 is 2. The van der Waals surface area contributed by atoms with E-state index < -0.39 is 0 Å². The number of ether oxygens (including phenoxy) is 3. The van der Waals surface area contributed by atoms with E-state index in [9.17, 15) is 0 Å². The highest BCUT2D eigenvalue weighted by Gasteiger charge is 2.31. The van der Waals surface area contributed by atoms with Crippen LogP contribution in [-0.4, -0.2) is 72.7 Å². The second-order valence-corrected chi connectivity index (χ2v) is 6.90. The molecule has 0 amide bonds. The third kappa shape index (κ3) is 4.08. The van der Waals surface area contributed by atoms with Gasteiger partial charge < -0.3 is 19.1 Å². The van der Waals surface area contributed by atoms with Crippen LogP contribution in [0.3, 0.4) is 0 Å². The molecule has 0 aliphatic carbocycles. The lowest BCUT2D eigenvalue weighted by Crippen LogP contribution is -2.50. The molecule has 1 saturated heterocycles. The molecule has 2 atom stereocenters. The fourth-order valence-corrected chi connectivity index (χ4v) is 3.61. The quantitative estimate of drug-likeness (QED) is 0.768. The fourth-order valence-electron chi connectivity index (χ4n) is 3.61. The smallest absolute Gasteiger partial charge is 0.178 e. The molecule has 2 aliphatic heterocycles. The van der Waals surface area contributed by atoms with E-state index in [0.717, 1.165) is 35.0 Å². The van der Waals surface area contributed by atoms with E-state index in [1.54, 1.807) is 26.7 Å². The van der Waals surface area contributed by atoms with Gasteiger partial charge in [-0.05, 0) is 24.3 Å². The first-order valence-corrected chi connectivity index (χ1v) is 9.51. The van der Waals surface area contributed by atoms with Crippen LogP contribution in [-0.2, 0) is 4.74 Å². The van der Waals surface area contributed by atoms with Gasteiger partial charge in [0.15, 0.2) is 6.29 Å². The summed E-state index contributed by atoms with van der Waals surface area (Å²) in [5.74, 6) is 1.52. The molecular weight excluding hydrogens is 370 g/mol. The zero-order valence-corrected chi connectivity index (χ0v) is 16.9. The van der Waals surface area contributed by atoms with Gasteiger partial charge in [-0.2, -0.15) is 0 Å². The molecule has 8 nitrogen and oxygen atoms in total. The molecule has 3 heterocycles.